The molecular weight excluding hydrogens is 184 g/mol. The Morgan fingerprint density at radius 1 is 1.64 bits per heavy atom. The maximum Gasteiger partial charge on any atom is 0.269 e. The molecule has 5 heteroatoms. The topological polar surface area (TPSA) is 89.4 Å². The van der Waals surface area contributed by atoms with Crippen LogP contribution in [0.25, 0.3) is 0 Å². The molecule has 0 unspecified atom stereocenters. The molecular formula is C9H12N2O3. The number of nitrogens with two attached hydrogens (primary N) is 1. The summed E-state index contributed by atoms with van der Waals surface area (Å²) in [7, 11) is 0. The van der Waals surface area contributed by atoms with Crippen LogP contribution in [-0.2, 0) is 0 Å². The second-order valence-corrected chi connectivity index (χ2v) is 3.09. The van der Waals surface area contributed by atoms with Crippen LogP contribution >= 0.6 is 0 Å². The molecule has 0 fully saturated rings. The van der Waals surface area contributed by atoms with Crippen LogP contribution < -0.4 is 5.73 Å². The Morgan fingerprint density at radius 2 is 2.29 bits per heavy atom. The van der Waals surface area contributed by atoms with Gasteiger partial charge in [-0.05, 0) is 18.1 Å². The summed E-state index contributed by atoms with van der Waals surface area (Å²) < 4.78 is 0. The van der Waals surface area contributed by atoms with Crippen molar-refractivity contribution < 1.29 is 10.0 Å². The van der Waals surface area contributed by atoms with Gasteiger partial charge in [-0.2, -0.15) is 0 Å². The van der Waals surface area contributed by atoms with E-state index in [2.05, 4.69) is 0 Å². The van der Waals surface area contributed by atoms with E-state index in [1.165, 1.54) is 12.1 Å². The number of nitrogens with zero attached hydrogens (tertiary/aromatic N) is 1. The highest BCUT2D eigenvalue weighted by molar-refractivity contribution is 5.40. The second-order valence-electron chi connectivity index (χ2n) is 3.09. The lowest BCUT2D eigenvalue weighted by molar-refractivity contribution is -0.384. The third kappa shape index (κ3) is 2.07. The first-order valence-corrected chi connectivity index (χ1v) is 4.17. The number of benzene rings is 1. The van der Waals surface area contributed by atoms with Crippen LogP contribution in [0.4, 0.5) is 5.69 Å². The van der Waals surface area contributed by atoms with E-state index in [1.54, 1.807) is 13.0 Å². The lowest BCUT2D eigenvalue weighted by Gasteiger charge is -2.11. The molecule has 1 rings (SSSR count). The van der Waals surface area contributed by atoms with Crippen LogP contribution in [0.5, 0.6) is 0 Å². The fourth-order valence-corrected chi connectivity index (χ4v) is 1.24. The summed E-state index contributed by atoms with van der Waals surface area (Å²) in [5.41, 5.74) is 7.04. The first kappa shape index (κ1) is 10.6. The number of hydrogen-bond acceptors (Lipinski definition) is 4. The van der Waals surface area contributed by atoms with E-state index in [1.807, 2.05) is 0 Å². The summed E-state index contributed by atoms with van der Waals surface area (Å²) in [6, 6.07) is 3.89. The highest BCUT2D eigenvalue weighted by atomic mass is 16.6. The molecule has 0 heterocycles. The number of aliphatic hydroxyl groups excluding tert-OH is 1. The summed E-state index contributed by atoms with van der Waals surface area (Å²) >= 11 is 0. The molecule has 1 aromatic rings. The normalized spacial score (nSPS) is 12.5. The molecule has 76 valence electrons. The summed E-state index contributed by atoms with van der Waals surface area (Å²) in [6.45, 7) is 1.58. The average molecular weight is 196 g/mol. The largest absolute Gasteiger partial charge is 0.394 e. The number of rotatable bonds is 3. The van der Waals surface area contributed by atoms with E-state index in [4.69, 9.17) is 10.8 Å². The van der Waals surface area contributed by atoms with Crippen molar-refractivity contribution in [3.63, 3.8) is 0 Å². The lowest BCUT2D eigenvalue weighted by Crippen LogP contribution is -2.15. The molecule has 0 amide bonds. The molecule has 3 N–H and O–H groups in total. The Kier molecular flexibility index (Phi) is 3.16. The molecule has 0 aliphatic heterocycles. The Hall–Kier alpha value is -1.46. The van der Waals surface area contributed by atoms with Crippen molar-refractivity contribution in [2.45, 2.75) is 13.0 Å². The smallest absolute Gasteiger partial charge is 0.269 e. The molecule has 1 aromatic carbocycles. The Labute approximate surface area is 81.3 Å². The summed E-state index contributed by atoms with van der Waals surface area (Å²) in [4.78, 5) is 10.00. The zero-order valence-corrected chi connectivity index (χ0v) is 7.80. The van der Waals surface area contributed by atoms with Gasteiger partial charge >= 0.3 is 0 Å². The SMILES string of the molecule is Cc1ccc([N+](=O)[O-])cc1[C@H](N)CO. The van der Waals surface area contributed by atoms with E-state index >= 15 is 0 Å². The summed E-state index contributed by atoms with van der Waals surface area (Å²) in [5.74, 6) is 0. The van der Waals surface area contributed by atoms with Crippen molar-refractivity contribution in [1.29, 1.82) is 0 Å². The molecule has 0 radical (unpaired) electrons. The van der Waals surface area contributed by atoms with Gasteiger partial charge in [-0.3, -0.25) is 10.1 Å². The van der Waals surface area contributed by atoms with Crippen LogP contribution in [0, 0.1) is 17.0 Å². The molecule has 0 saturated heterocycles. The highest BCUT2D eigenvalue weighted by Crippen LogP contribution is 2.21. The van der Waals surface area contributed by atoms with E-state index in [0.29, 0.717) is 5.56 Å². The molecule has 0 spiro atoms. The maximum atomic E-state index is 10.5. The number of aryl methyl sites for hydroxylation is 1. The minimum absolute atomic E-state index is 0.00509. The molecule has 5 nitrogen and oxygen atoms in total. The van der Waals surface area contributed by atoms with Crippen molar-refractivity contribution in [2.75, 3.05) is 6.61 Å². The highest BCUT2D eigenvalue weighted by Gasteiger charge is 2.13. The van der Waals surface area contributed by atoms with Crippen molar-refractivity contribution in [1.82, 2.24) is 0 Å². The predicted molar refractivity (Wildman–Crippen MR) is 51.8 cm³/mol. The van der Waals surface area contributed by atoms with Gasteiger partial charge in [0.25, 0.3) is 5.69 Å². The Bertz CT molecular complexity index is 352. The van der Waals surface area contributed by atoms with Crippen molar-refractivity contribution >= 4 is 5.69 Å². The van der Waals surface area contributed by atoms with Crippen LogP contribution in [0.15, 0.2) is 18.2 Å². The van der Waals surface area contributed by atoms with E-state index < -0.39 is 11.0 Å². The molecule has 0 bridgehead atoms. The van der Waals surface area contributed by atoms with Crippen LogP contribution in [-0.4, -0.2) is 16.6 Å². The first-order valence-electron chi connectivity index (χ1n) is 4.17. The molecule has 14 heavy (non-hydrogen) atoms. The van der Waals surface area contributed by atoms with Gasteiger partial charge in [0.05, 0.1) is 17.6 Å². The summed E-state index contributed by atoms with van der Waals surface area (Å²) in [5, 5.41) is 19.3. The molecule has 0 aliphatic carbocycles. The van der Waals surface area contributed by atoms with Crippen molar-refractivity contribution in [3.8, 4) is 0 Å². The summed E-state index contributed by atoms with van der Waals surface area (Å²) in [6.07, 6.45) is 0. The van der Waals surface area contributed by atoms with Gasteiger partial charge in [-0.25, -0.2) is 0 Å². The van der Waals surface area contributed by atoms with Gasteiger partial charge in [-0.15, -0.1) is 0 Å². The standard InChI is InChI=1S/C9H12N2O3/c1-6-2-3-7(11(13)14)4-8(6)9(10)5-12/h2-4,9,12H,5,10H2,1H3/t9-/m1/s1. The van der Waals surface area contributed by atoms with Gasteiger partial charge in [0, 0.05) is 12.1 Å². The zero-order valence-electron chi connectivity index (χ0n) is 7.80. The minimum Gasteiger partial charge on any atom is -0.394 e. The second kappa shape index (κ2) is 4.17. The average Bonchev–Trinajstić information content (AvgIpc) is 2.17. The first-order chi connectivity index (χ1) is 6.56. The van der Waals surface area contributed by atoms with Gasteiger partial charge in [-0.1, -0.05) is 6.07 Å². The maximum absolute atomic E-state index is 10.5. The number of aliphatic hydroxyl groups is 1. The van der Waals surface area contributed by atoms with Gasteiger partial charge in [0.1, 0.15) is 0 Å². The number of hydrogen-bond donors (Lipinski definition) is 2. The number of non-ortho nitro benzene ring substituents is 1. The van der Waals surface area contributed by atoms with Crippen LogP contribution in [0.2, 0.25) is 0 Å². The van der Waals surface area contributed by atoms with Crippen molar-refractivity contribution in [2.24, 2.45) is 5.73 Å². The molecule has 1 atom stereocenters. The zero-order chi connectivity index (χ0) is 10.7. The monoisotopic (exact) mass is 196 g/mol. The van der Waals surface area contributed by atoms with E-state index in [0.717, 1.165) is 5.56 Å². The van der Waals surface area contributed by atoms with Gasteiger partial charge < -0.3 is 10.8 Å². The van der Waals surface area contributed by atoms with E-state index in [-0.39, 0.29) is 12.3 Å². The Balaban J connectivity index is 3.14. The third-order valence-electron chi connectivity index (χ3n) is 2.07. The predicted octanol–water partition coefficient (Wildman–Crippen LogP) is 0.895. The molecule has 0 saturated carbocycles. The van der Waals surface area contributed by atoms with Gasteiger partial charge in [0.15, 0.2) is 0 Å². The van der Waals surface area contributed by atoms with E-state index in [9.17, 15) is 10.1 Å². The minimum atomic E-state index is -0.560. The molecule has 0 aliphatic rings. The molecule has 0 aromatic heterocycles. The number of nitro groups is 1. The number of nitro benzene ring substituents is 1. The fourth-order valence-electron chi connectivity index (χ4n) is 1.24. The quantitative estimate of drug-likeness (QED) is 0.555. The lowest BCUT2D eigenvalue weighted by atomic mass is 10.0. The van der Waals surface area contributed by atoms with Crippen LogP contribution in [0.1, 0.15) is 17.2 Å². The Morgan fingerprint density at radius 3 is 2.79 bits per heavy atom. The van der Waals surface area contributed by atoms with Crippen molar-refractivity contribution in [3.05, 3.63) is 39.4 Å². The third-order valence-corrected chi connectivity index (χ3v) is 2.07. The van der Waals surface area contributed by atoms with Crippen LogP contribution in [0.3, 0.4) is 0 Å². The van der Waals surface area contributed by atoms with Gasteiger partial charge in [0.2, 0.25) is 0 Å². The fraction of sp³-hybridized carbons (Fsp3) is 0.333.